The van der Waals surface area contributed by atoms with Crippen LogP contribution >= 0.6 is 0 Å². The van der Waals surface area contributed by atoms with E-state index in [0.29, 0.717) is 11.3 Å². The number of nitrogens with zero attached hydrogens (tertiary/aromatic N) is 1. The van der Waals surface area contributed by atoms with E-state index in [1.54, 1.807) is 18.2 Å². The van der Waals surface area contributed by atoms with Gasteiger partial charge in [-0.3, -0.25) is 0 Å². The highest BCUT2D eigenvalue weighted by Gasteiger charge is 1.99. The number of aromatic nitrogens is 1. The van der Waals surface area contributed by atoms with Gasteiger partial charge in [0.05, 0.1) is 0 Å². The highest BCUT2D eigenvalue weighted by atomic mass is 19.1. The summed E-state index contributed by atoms with van der Waals surface area (Å²) in [5.74, 6) is -0.504. The Morgan fingerprint density at radius 2 is 2.00 bits per heavy atom. The molecule has 82 valence electrons. The average Bonchev–Trinajstić information content (AvgIpc) is 2.27. The molecule has 0 spiro atoms. The SMILES string of the molecule is Fc1cccc(OCc2ccnc(F)c2)c1. The predicted octanol–water partition coefficient (Wildman–Crippen LogP) is 2.94. The van der Waals surface area contributed by atoms with E-state index in [4.69, 9.17) is 4.74 Å². The van der Waals surface area contributed by atoms with Gasteiger partial charge in [-0.05, 0) is 29.8 Å². The third kappa shape index (κ3) is 2.76. The second kappa shape index (κ2) is 4.70. The van der Waals surface area contributed by atoms with E-state index in [9.17, 15) is 8.78 Å². The summed E-state index contributed by atoms with van der Waals surface area (Å²) in [7, 11) is 0. The highest BCUT2D eigenvalue weighted by molar-refractivity contribution is 5.23. The molecule has 1 aromatic carbocycles. The fraction of sp³-hybridized carbons (Fsp3) is 0.0833. The van der Waals surface area contributed by atoms with Crippen LogP contribution < -0.4 is 4.74 Å². The van der Waals surface area contributed by atoms with Gasteiger partial charge >= 0.3 is 0 Å². The number of hydrogen-bond donors (Lipinski definition) is 0. The molecular formula is C12H9F2NO. The maximum absolute atomic E-state index is 12.8. The number of rotatable bonds is 3. The van der Waals surface area contributed by atoms with Crippen molar-refractivity contribution < 1.29 is 13.5 Å². The molecule has 4 heteroatoms. The first kappa shape index (κ1) is 10.5. The van der Waals surface area contributed by atoms with Gasteiger partial charge in [-0.25, -0.2) is 9.37 Å². The van der Waals surface area contributed by atoms with Gasteiger partial charge in [-0.1, -0.05) is 6.07 Å². The van der Waals surface area contributed by atoms with E-state index in [2.05, 4.69) is 4.98 Å². The molecule has 0 radical (unpaired) electrons. The Morgan fingerprint density at radius 3 is 2.75 bits per heavy atom. The maximum Gasteiger partial charge on any atom is 0.213 e. The molecule has 1 aromatic heterocycles. The smallest absolute Gasteiger partial charge is 0.213 e. The first-order valence-corrected chi connectivity index (χ1v) is 4.73. The zero-order valence-corrected chi connectivity index (χ0v) is 8.36. The van der Waals surface area contributed by atoms with Crippen LogP contribution in [0.25, 0.3) is 0 Å². The van der Waals surface area contributed by atoms with Gasteiger partial charge in [0, 0.05) is 12.3 Å². The molecule has 0 saturated heterocycles. The summed E-state index contributed by atoms with van der Waals surface area (Å²) in [6, 6.07) is 8.72. The molecule has 1 heterocycles. The fourth-order valence-corrected chi connectivity index (χ4v) is 1.26. The molecule has 0 fully saturated rings. The van der Waals surface area contributed by atoms with Crippen LogP contribution in [-0.4, -0.2) is 4.98 Å². The Labute approximate surface area is 91.5 Å². The molecule has 0 atom stereocenters. The number of benzene rings is 1. The summed E-state index contributed by atoms with van der Waals surface area (Å²) >= 11 is 0. The van der Waals surface area contributed by atoms with Gasteiger partial charge in [0.15, 0.2) is 0 Å². The van der Waals surface area contributed by atoms with Crippen molar-refractivity contribution in [3.8, 4) is 5.75 Å². The Morgan fingerprint density at radius 1 is 1.12 bits per heavy atom. The number of hydrogen-bond acceptors (Lipinski definition) is 2. The molecule has 0 N–H and O–H groups in total. The second-order valence-corrected chi connectivity index (χ2v) is 3.23. The maximum atomic E-state index is 12.8. The number of halogens is 2. The van der Waals surface area contributed by atoms with Gasteiger partial charge in [-0.2, -0.15) is 4.39 Å². The van der Waals surface area contributed by atoms with Gasteiger partial charge in [0.2, 0.25) is 5.95 Å². The Bertz CT molecular complexity index is 442. The van der Waals surface area contributed by atoms with Crippen molar-refractivity contribution in [1.82, 2.24) is 4.98 Å². The first-order valence-electron chi connectivity index (χ1n) is 4.73. The van der Waals surface area contributed by atoms with Crippen LogP contribution in [0.3, 0.4) is 0 Å². The van der Waals surface area contributed by atoms with Crippen LogP contribution in [0.4, 0.5) is 8.78 Å². The quantitative estimate of drug-likeness (QED) is 0.743. The molecule has 0 aliphatic carbocycles. The molecule has 0 bridgehead atoms. The minimum absolute atomic E-state index is 0.183. The lowest BCUT2D eigenvalue weighted by Crippen LogP contribution is -1.97. The first-order chi connectivity index (χ1) is 7.74. The van der Waals surface area contributed by atoms with Crippen LogP contribution in [0, 0.1) is 11.8 Å². The van der Waals surface area contributed by atoms with Crippen molar-refractivity contribution in [3.05, 3.63) is 59.9 Å². The summed E-state index contributed by atoms with van der Waals surface area (Å²) in [6.07, 6.45) is 1.36. The zero-order chi connectivity index (χ0) is 11.4. The fourth-order valence-electron chi connectivity index (χ4n) is 1.26. The lowest BCUT2D eigenvalue weighted by Gasteiger charge is -2.05. The molecule has 2 nitrogen and oxygen atoms in total. The molecule has 0 aliphatic rings. The summed E-state index contributed by atoms with van der Waals surface area (Å²) in [5.41, 5.74) is 0.650. The van der Waals surface area contributed by atoms with Crippen LogP contribution in [0.1, 0.15) is 5.56 Å². The van der Waals surface area contributed by atoms with Crippen LogP contribution in [-0.2, 0) is 6.61 Å². The largest absolute Gasteiger partial charge is 0.489 e. The van der Waals surface area contributed by atoms with E-state index in [-0.39, 0.29) is 12.4 Å². The monoisotopic (exact) mass is 221 g/mol. The van der Waals surface area contributed by atoms with E-state index in [1.807, 2.05) is 0 Å². The molecule has 0 aliphatic heterocycles. The van der Waals surface area contributed by atoms with Gasteiger partial charge in [-0.15, -0.1) is 0 Å². The van der Waals surface area contributed by atoms with E-state index >= 15 is 0 Å². The molecule has 16 heavy (non-hydrogen) atoms. The standard InChI is InChI=1S/C12H9F2NO/c13-10-2-1-3-11(7-10)16-8-9-4-5-15-12(14)6-9/h1-7H,8H2. The average molecular weight is 221 g/mol. The Balaban J connectivity index is 2.02. The summed E-state index contributed by atoms with van der Waals surface area (Å²) in [4.78, 5) is 3.43. The molecule has 0 saturated carbocycles. The topological polar surface area (TPSA) is 22.1 Å². The predicted molar refractivity (Wildman–Crippen MR) is 54.9 cm³/mol. The van der Waals surface area contributed by atoms with Crippen LogP contribution in [0.5, 0.6) is 5.75 Å². The van der Waals surface area contributed by atoms with Crippen LogP contribution in [0.2, 0.25) is 0 Å². The van der Waals surface area contributed by atoms with Crippen molar-refractivity contribution >= 4 is 0 Å². The number of ether oxygens (including phenoxy) is 1. The van der Waals surface area contributed by atoms with E-state index in [1.165, 1.54) is 24.4 Å². The zero-order valence-electron chi connectivity index (χ0n) is 8.36. The molecule has 2 aromatic rings. The molecule has 0 unspecified atom stereocenters. The lowest BCUT2D eigenvalue weighted by molar-refractivity contribution is 0.303. The van der Waals surface area contributed by atoms with E-state index in [0.717, 1.165) is 0 Å². The van der Waals surface area contributed by atoms with Crippen LogP contribution in [0.15, 0.2) is 42.6 Å². The van der Waals surface area contributed by atoms with Gasteiger partial charge in [0.1, 0.15) is 18.2 Å². The van der Waals surface area contributed by atoms with Crippen molar-refractivity contribution in [2.45, 2.75) is 6.61 Å². The van der Waals surface area contributed by atoms with E-state index < -0.39 is 5.95 Å². The molecule has 2 rings (SSSR count). The Kier molecular flexibility index (Phi) is 3.10. The number of pyridine rings is 1. The van der Waals surface area contributed by atoms with Crippen molar-refractivity contribution in [2.75, 3.05) is 0 Å². The van der Waals surface area contributed by atoms with Crippen molar-refractivity contribution in [1.29, 1.82) is 0 Å². The molecular weight excluding hydrogens is 212 g/mol. The van der Waals surface area contributed by atoms with Crippen molar-refractivity contribution in [2.24, 2.45) is 0 Å². The van der Waals surface area contributed by atoms with Gasteiger partial charge in [0.25, 0.3) is 0 Å². The third-order valence-corrected chi connectivity index (χ3v) is 1.99. The normalized spacial score (nSPS) is 10.1. The lowest BCUT2D eigenvalue weighted by atomic mass is 10.3. The summed E-state index contributed by atoms with van der Waals surface area (Å²) in [5, 5.41) is 0. The van der Waals surface area contributed by atoms with Crippen molar-refractivity contribution in [3.63, 3.8) is 0 Å². The Hall–Kier alpha value is -1.97. The summed E-state index contributed by atoms with van der Waals surface area (Å²) < 4.78 is 30.8. The molecule has 0 amide bonds. The minimum atomic E-state index is -0.555. The second-order valence-electron chi connectivity index (χ2n) is 3.23. The third-order valence-electron chi connectivity index (χ3n) is 1.99. The highest BCUT2D eigenvalue weighted by Crippen LogP contribution is 2.14. The summed E-state index contributed by atoms with van der Waals surface area (Å²) in [6.45, 7) is 0.183. The van der Waals surface area contributed by atoms with Gasteiger partial charge < -0.3 is 4.74 Å². The minimum Gasteiger partial charge on any atom is -0.489 e.